The van der Waals surface area contributed by atoms with E-state index < -0.39 is 0 Å². The number of aromatic nitrogens is 2. The van der Waals surface area contributed by atoms with Crippen LogP contribution in [0, 0.1) is 0 Å². The van der Waals surface area contributed by atoms with Crippen LogP contribution in [0.5, 0.6) is 0 Å². The van der Waals surface area contributed by atoms with Gasteiger partial charge in [-0.1, -0.05) is 30.0 Å². The van der Waals surface area contributed by atoms with Gasteiger partial charge in [-0.2, -0.15) is 0 Å². The lowest BCUT2D eigenvalue weighted by molar-refractivity contribution is -0.121. The highest BCUT2D eigenvalue weighted by atomic mass is 32.2. The molecule has 0 unspecified atom stereocenters. The number of fused-ring (bicyclic) bond motifs is 1. The molecular weight excluding hydrogens is 338 g/mol. The SMILES string of the molecule is C[C@H](NC(=O)CCCSc1nc2ccccc2s1)c1cccnc1. The molecule has 24 heavy (non-hydrogen) atoms. The highest BCUT2D eigenvalue weighted by Crippen LogP contribution is 2.29. The number of hydrogen-bond donors (Lipinski definition) is 1. The minimum absolute atomic E-state index is 0.0110. The quantitative estimate of drug-likeness (QED) is 0.502. The average molecular weight is 358 g/mol. The Morgan fingerprint density at radius 3 is 2.96 bits per heavy atom. The molecule has 3 rings (SSSR count). The van der Waals surface area contributed by atoms with Crippen molar-refractivity contribution in [2.24, 2.45) is 0 Å². The zero-order valence-electron chi connectivity index (χ0n) is 13.4. The van der Waals surface area contributed by atoms with E-state index in [2.05, 4.69) is 21.4 Å². The molecule has 6 heteroatoms. The second kappa shape index (κ2) is 8.26. The van der Waals surface area contributed by atoms with Crippen molar-refractivity contribution in [2.75, 3.05) is 5.75 Å². The molecule has 0 aliphatic carbocycles. The molecule has 1 atom stereocenters. The number of thiazole rings is 1. The molecule has 3 aromatic rings. The van der Waals surface area contributed by atoms with Crippen molar-refractivity contribution in [3.8, 4) is 0 Å². The minimum atomic E-state index is -0.0110. The number of amides is 1. The first-order valence-electron chi connectivity index (χ1n) is 7.90. The first-order chi connectivity index (χ1) is 11.7. The molecule has 1 amide bonds. The lowest BCUT2D eigenvalue weighted by Crippen LogP contribution is -2.26. The normalized spacial score (nSPS) is 12.2. The van der Waals surface area contributed by atoms with Crippen LogP contribution in [-0.2, 0) is 4.79 Å². The van der Waals surface area contributed by atoms with Crippen LogP contribution in [-0.4, -0.2) is 21.6 Å². The van der Waals surface area contributed by atoms with Gasteiger partial charge in [-0.25, -0.2) is 4.98 Å². The number of nitrogens with one attached hydrogen (secondary N) is 1. The van der Waals surface area contributed by atoms with Crippen LogP contribution >= 0.6 is 23.1 Å². The highest BCUT2D eigenvalue weighted by Gasteiger charge is 2.10. The average Bonchev–Trinajstić information content (AvgIpc) is 3.02. The zero-order chi connectivity index (χ0) is 16.8. The number of rotatable bonds is 7. The smallest absolute Gasteiger partial charge is 0.220 e. The molecule has 0 aliphatic rings. The van der Waals surface area contributed by atoms with Crippen LogP contribution in [0.3, 0.4) is 0 Å². The second-order valence-electron chi connectivity index (χ2n) is 5.48. The Balaban J connectivity index is 1.40. The van der Waals surface area contributed by atoms with Gasteiger partial charge >= 0.3 is 0 Å². The Hall–Kier alpha value is -1.92. The number of thioether (sulfide) groups is 1. The van der Waals surface area contributed by atoms with Crippen LogP contribution in [0.25, 0.3) is 10.2 Å². The Labute approximate surface area is 149 Å². The van der Waals surface area contributed by atoms with E-state index in [0.717, 1.165) is 27.6 Å². The van der Waals surface area contributed by atoms with E-state index in [1.807, 2.05) is 37.3 Å². The molecule has 0 fully saturated rings. The van der Waals surface area contributed by atoms with Crippen molar-refractivity contribution in [2.45, 2.75) is 30.1 Å². The number of benzene rings is 1. The summed E-state index contributed by atoms with van der Waals surface area (Å²) in [5.74, 6) is 0.977. The van der Waals surface area contributed by atoms with Gasteiger partial charge in [-0.3, -0.25) is 9.78 Å². The fourth-order valence-corrected chi connectivity index (χ4v) is 4.41. The second-order valence-corrected chi connectivity index (χ2v) is 7.85. The van der Waals surface area contributed by atoms with E-state index in [1.165, 1.54) is 4.70 Å². The summed E-state index contributed by atoms with van der Waals surface area (Å²) in [4.78, 5) is 20.7. The van der Waals surface area contributed by atoms with Gasteiger partial charge in [0.15, 0.2) is 4.34 Å². The Bertz CT molecular complexity index is 771. The Morgan fingerprint density at radius 1 is 1.29 bits per heavy atom. The van der Waals surface area contributed by atoms with Crippen molar-refractivity contribution in [1.82, 2.24) is 15.3 Å². The molecular formula is C18H19N3OS2. The Kier molecular flexibility index (Phi) is 5.82. The summed E-state index contributed by atoms with van der Waals surface area (Å²) in [7, 11) is 0. The number of carbonyl (C=O) groups excluding carboxylic acids is 1. The van der Waals surface area contributed by atoms with Gasteiger partial charge in [0.1, 0.15) is 0 Å². The van der Waals surface area contributed by atoms with E-state index in [9.17, 15) is 4.79 Å². The van der Waals surface area contributed by atoms with Crippen LogP contribution < -0.4 is 5.32 Å². The monoisotopic (exact) mass is 357 g/mol. The van der Waals surface area contributed by atoms with E-state index >= 15 is 0 Å². The van der Waals surface area contributed by atoms with Gasteiger partial charge in [0.05, 0.1) is 16.3 Å². The predicted octanol–water partition coefficient (Wildman–Crippen LogP) is 4.44. The lowest BCUT2D eigenvalue weighted by Gasteiger charge is -2.13. The molecule has 0 bridgehead atoms. The molecule has 4 nitrogen and oxygen atoms in total. The maximum Gasteiger partial charge on any atom is 0.220 e. The summed E-state index contributed by atoms with van der Waals surface area (Å²) in [6.45, 7) is 1.98. The molecule has 0 spiro atoms. The van der Waals surface area contributed by atoms with Gasteiger partial charge in [-0.15, -0.1) is 11.3 Å². The molecule has 0 aliphatic heterocycles. The third-order valence-electron chi connectivity index (χ3n) is 3.61. The van der Waals surface area contributed by atoms with E-state index in [-0.39, 0.29) is 11.9 Å². The summed E-state index contributed by atoms with van der Waals surface area (Å²) < 4.78 is 2.28. The van der Waals surface area contributed by atoms with Gasteiger partial charge in [0, 0.05) is 24.6 Å². The fraction of sp³-hybridized carbons (Fsp3) is 0.278. The number of pyridine rings is 1. The van der Waals surface area contributed by atoms with Crippen molar-refractivity contribution >= 4 is 39.2 Å². The molecule has 1 aromatic carbocycles. The van der Waals surface area contributed by atoms with Gasteiger partial charge in [-0.05, 0) is 37.1 Å². The summed E-state index contributed by atoms with van der Waals surface area (Å²) in [6.07, 6.45) is 4.89. The van der Waals surface area contributed by atoms with Gasteiger partial charge in [0.25, 0.3) is 0 Å². The summed E-state index contributed by atoms with van der Waals surface area (Å²) in [5, 5.41) is 3.02. The topological polar surface area (TPSA) is 54.9 Å². The number of hydrogen-bond acceptors (Lipinski definition) is 5. The molecule has 0 radical (unpaired) electrons. The van der Waals surface area contributed by atoms with Gasteiger partial charge < -0.3 is 5.32 Å². The van der Waals surface area contributed by atoms with Crippen LogP contribution in [0.15, 0.2) is 53.1 Å². The summed E-state index contributed by atoms with van der Waals surface area (Å²) in [5.41, 5.74) is 2.07. The largest absolute Gasteiger partial charge is 0.350 e. The standard InChI is InChI=1S/C18H19N3OS2/c1-13(14-6-4-10-19-12-14)20-17(22)9-5-11-23-18-21-15-7-2-3-8-16(15)24-18/h2-4,6-8,10,12-13H,5,9,11H2,1H3,(H,20,22)/t13-/m0/s1. The Morgan fingerprint density at radius 2 is 2.17 bits per heavy atom. The first-order valence-corrected chi connectivity index (χ1v) is 9.70. The predicted molar refractivity (Wildman–Crippen MR) is 100 cm³/mol. The maximum absolute atomic E-state index is 12.0. The lowest BCUT2D eigenvalue weighted by atomic mass is 10.1. The van der Waals surface area contributed by atoms with E-state index in [0.29, 0.717) is 6.42 Å². The van der Waals surface area contributed by atoms with Crippen LogP contribution in [0.4, 0.5) is 0 Å². The van der Waals surface area contributed by atoms with Crippen molar-refractivity contribution in [1.29, 1.82) is 0 Å². The fourth-order valence-electron chi connectivity index (χ4n) is 2.33. The van der Waals surface area contributed by atoms with Crippen molar-refractivity contribution in [3.63, 3.8) is 0 Å². The molecule has 124 valence electrons. The molecule has 0 saturated carbocycles. The van der Waals surface area contributed by atoms with Crippen molar-refractivity contribution < 1.29 is 4.79 Å². The molecule has 2 aromatic heterocycles. The zero-order valence-corrected chi connectivity index (χ0v) is 15.1. The minimum Gasteiger partial charge on any atom is -0.350 e. The first kappa shape index (κ1) is 16.9. The number of carbonyl (C=O) groups is 1. The molecule has 1 N–H and O–H groups in total. The van der Waals surface area contributed by atoms with E-state index in [1.54, 1.807) is 35.5 Å². The maximum atomic E-state index is 12.0. The molecule has 2 heterocycles. The summed E-state index contributed by atoms with van der Waals surface area (Å²) in [6, 6.07) is 12.0. The summed E-state index contributed by atoms with van der Waals surface area (Å²) >= 11 is 3.43. The molecule has 0 saturated heterocycles. The third kappa shape index (κ3) is 4.55. The van der Waals surface area contributed by atoms with Crippen LogP contribution in [0.2, 0.25) is 0 Å². The van der Waals surface area contributed by atoms with Crippen molar-refractivity contribution in [3.05, 3.63) is 54.4 Å². The number of para-hydroxylation sites is 1. The van der Waals surface area contributed by atoms with Gasteiger partial charge in [0.2, 0.25) is 5.91 Å². The van der Waals surface area contributed by atoms with Crippen LogP contribution in [0.1, 0.15) is 31.4 Å². The third-order valence-corrected chi connectivity index (χ3v) is 5.88. The number of nitrogens with zero attached hydrogens (tertiary/aromatic N) is 2. The van der Waals surface area contributed by atoms with E-state index in [4.69, 9.17) is 0 Å². The highest BCUT2D eigenvalue weighted by molar-refractivity contribution is 8.01.